The molecule has 0 aliphatic carbocycles. The molecule has 0 saturated heterocycles. The van der Waals surface area contributed by atoms with Crippen LogP contribution in [-0.4, -0.2) is 25.8 Å². The number of Topliss-reactive ketones (excluding diaryl/α,β-unsaturated/α-hetero) is 1. The minimum Gasteiger partial charge on any atom is -0.347 e. The van der Waals surface area contributed by atoms with Gasteiger partial charge in [-0.1, -0.05) is 13.8 Å². The molecule has 0 aromatic carbocycles. The Hall–Kier alpha value is -0.410. The van der Waals surface area contributed by atoms with E-state index in [1.165, 1.54) is 14.2 Å². The van der Waals surface area contributed by atoms with Gasteiger partial charge in [-0.2, -0.15) is 0 Å². The molecule has 0 rings (SSSR count). The lowest BCUT2D eigenvalue weighted by Crippen LogP contribution is -2.42. The summed E-state index contributed by atoms with van der Waals surface area (Å²) in [6, 6.07) is 0. The summed E-state index contributed by atoms with van der Waals surface area (Å²) in [6.07, 6.45) is 0. The van der Waals surface area contributed by atoms with Crippen molar-refractivity contribution in [3.8, 4) is 0 Å². The van der Waals surface area contributed by atoms with Crippen LogP contribution in [0.25, 0.3) is 0 Å². The van der Waals surface area contributed by atoms with Crippen LogP contribution < -0.4 is 0 Å². The normalized spacial score (nSPS) is 12.2. The van der Waals surface area contributed by atoms with Crippen molar-refractivity contribution in [1.29, 1.82) is 0 Å². The van der Waals surface area contributed by atoms with Crippen LogP contribution in [0.4, 0.5) is 0 Å². The molecule has 3 heteroatoms. The minimum absolute atomic E-state index is 0.0394. The number of ether oxygens (including phenoxy) is 2. The second-order valence-corrected chi connectivity index (χ2v) is 2.87. The molecule has 0 fully saturated rings. The van der Waals surface area contributed by atoms with Crippen molar-refractivity contribution >= 4 is 5.78 Å². The van der Waals surface area contributed by atoms with E-state index in [-0.39, 0.29) is 11.7 Å². The molecule has 0 amide bonds. The van der Waals surface area contributed by atoms with Crippen molar-refractivity contribution in [3.05, 3.63) is 0 Å². The van der Waals surface area contributed by atoms with E-state index in [0.717, 1.165) is 0 Å². The average molecular weight is 160 g/mol. The van der Waals surface area contributed by atoms with E-state index >= 15 is 0 Å². The third-order valence-corrected chi connectivity index (χ3v) is 1.75. The molecule has 0 aliphatic heterocycles. The van der Waals surface area contributed by atoms with Gasteiger partial charge in [-0.05, 0) is 6.92 Å². The van der Waals surface area contributed by atoms with Crippen LogP contribution in [0.15, 0.2) is 0 Å². The van der Waals surface area contributed by atoms with Crippen molar-refractivity contribution in [3.63, 3.8) is 0 Å². The van der Waals surface area contributed by atoms with Gasteiger partial charge in [0.05, 0.1) is 0 Å². The molecule has 66 valence electrons. The van der Waals surface area contributed by atoms with Gasteiger partial charge in [-0.25, -0.2) is 0 Å². The van der Waals surface area contributed by atoms with Gasteiger partial charge in [0, 0.05) is 20.1 Å². The van der Waals surface area contributed by atoms with Crippen LogP contribution >= 0.6 is 0 Å². The van der Waals surface area contributed by atoms with Crippen LogP contribution in [0.5, 0.6) is 0 Å². The van der Waals surface area contributed by atoms with Crippen molar-refractivity contribution in [2.24, 2.45) is 5.92 Å². The standard InChI is InChI=1S/C8H16O3/c1-6(2)7(9)8(3,10-4)11-5/h6H,1-5H3. The minimum atomic E-state index is -1.08. The van der Waals surface area contributed by atoms with Crippen LogP contribution in [0.2, 0.25) is 0 Å². The summed E-state index contributed by atoms with van der Waals surface area (Å²) in [6.45, 7) is 5.26. The molecular weight excluding hydrogens is 144 g/mol. The van der Waals surface area contributed by atoms with Gasteiger partial charge in [0.2, 0.25) is 5.79 Å². The third-order valence-electron chi connectivity index (χ3n) is 1.75. The Morgan fingerprint density at radius 3 is 1.73 bits per heavy atom. The Kier molecular flexibility index (Phi) is 3.69. The maximum Gasteiger partial charge on any atom is 0.225 e. The number of carbonyl (C=O) groups excluding carboxylic acids is 1. The summed E-state index contributed by atoms with van der Waals surface area (Å²) in [5, 5.41) is 0. The lowest BCUT2D eigenvalue weighted by atomic mass is 10.0. The van der Waals surface area contributed by atoms with E-state index in [2.05, 4.69) is 0 Å². The zero-order valence-electron chi connectivity index (χ0n) is 7.80. The molecule has 11 heavy (non-hydrogen) atoms. The van der Waals surface area contributed by atoms with Gasteiger partial charge >= 0.3 is 0 Å². The fourth-order valence-electron chi connectivity index (χ4n) is 0.809. The highest BCUT2D eigenvalue weighted by molar-refractivity contribution is 5.87. The predicted octanol–water partition coefficient (Wildman–Crippen LogP) is 1.22. The second kappa shape index (κ2) is 3.83. The van der Waals surface area contributed by atoms with E-state index in [9.17, 15) is 4.79 Å². The molecule has 0 heterocycles. The van der Waals surface area contributed by atoms with E-state index in [1.54, 1.807) is 6.92 Å². The fraction of sp³-hybridized carbons (Fsp3) is 0.875. The van der Waals surface area contributed by atoms with Gasteiger partial charge in [0.25, 0.3) is 0 Å². The predicted molar refractivity (Wildman–Crippen MR) is 42.3 cm³/mol. The van der Waals surface area contributed by atoms with E-state index < -0.39 is 5.79 Å². The molecule has 0 N–H and O–H groups in total. The largest absolute Gasteiger partial charge is 0.347 e. The van der Waals surface area contributed by atoms with Crippen molar-refractivity contribution < 1.29 is 14.3 Å². The first kappa shape index (κ1) is 10.6. The SMILES string of the molecule is COC(C)(OC)C(=O)C(C)C. The van der Waals surface area contributed by atoms with Crippen molar-refractivity contribution in [2.75, 3.05) is 14.2 Å². The summed E-state index contributed by atoms with van der Waals surface area (Å²) in [5.41, 5.74) is 0. The summed E-state index contributed by atoms with van der Waals surface area (Å²) >= 11 is 0. The highest BCUT2D eigenvalue weighted by atomic mass is 16.7. The first-order chi connectivity index (χ1) is 4.98. The van der Waals surface area contributed by atoms with Gasteiger partial charge in [-0.3, -0.25) is 4.79 Å². The zero-order chi connectivity index (χ0) is 9.07. The summed E-state index contributed by atoms with van der Waals surface area (Å²) in [7, 11) is 2.92. The van der Waals surface area contributed by atoms with Crippen LogP contribution in [0.1, 0.15) is 20.8 Å². The van der Waals surface area contributed by atoms with E-state index in [4.69, 9.17) is 9.47 Å². The second-order valence-electron chi connectivity index (χ2n) is 2.87. The van der Waals surface area contributed by atoms with Crippen molar-refractivity contribution in [1.82, 2.24) is 0 Å². The Balaban J connectivity index is 4.37. The number of ketones is 1. The lowest BCUT2D eigenvalue weighted by Gasteiger charge is -2.26. The zero-order valence-corrected chi connectivity index (χ0v) is 7.80. The Bertz CT molecular complexity index is 136. The molecule has 3 nitrogen and oxygen atoms in total. The van der Waals surface area contributed by atoms with Gasteiger partial charge in [0.15, 0.2) is 5.78 Å². The van der Waals surface area contributed by atoms with Gasteiger partial charge < -0.3 is 9.47 Å². The number of hydrogen-bond acceptors (Lipinski definition) is 3. The topological polar surface area (TPSA) is 35.5 Å². The van der Waals surface area contributed by atoms with E-state index in [1.807, 2.05) is 13.8 Å². The van der Waals surface area contributed by atoms with Crippen LogP contribution in [0.3, 0.4) is 0 Å². The first-order valence-electron chi connectivity index (χ1n) is 3.62. The highest BCUT2D eigenvalue weighted by Gasteiger charge is 2.34. The smallest absolute Gasteiger partial charge is 0.225 e. The van der Waals surface area contributed by atoms with Gasteiger partial charge in [-0.15, -0.1) is 0 Å². The Morgan fingerprint density at radius 1 is 1.27 bits per heavy atom. The van der Waals surface area contributed by atoms with Crippen LogP contribution in [-0.2, 0) is 14.3 Å². The number of hydrogen-bond donors (Lipinski definition) is 0. The maximum atomic E-state index is 11.4. The molecule has 0 aromatic rings. The Labute approximate surface area is 67.7 Å². The average Bonchev–Trinajstić information content (AvgIpc) is 2.01. The number of carbonyl (C=O) groups is 1. The fourth-order valence-corrected chi connectivity index (χ4v) is 0.809. The molecular formula is C8H16O3. The molecule has 0 spiro atoms. The summed E-state index contributed by atoms with van der Waals surface area (Å²) in [5.74, 6) is -1.18. The monoisotopic (exact) mass is 160 g/mol. The molecule has 0 radical (unpaired) electrons. The molecule has 0 aromatic heterocycles. The first-order valence-corrected chi connectivity index (χ1v) is 3.62. The van der Waals surface area contributed by atoms with Crippen molar-refractivity contribution in [2.45, 2.75) is 26.6 Å². The molecule has 0 atom stereocenters. The third kappa shape index (κ3) is 2.27. The Morgan fingerprint density at radius 2 is 1.64 bits per heavy atom. The molecule has 0 unspecified atom stereocenters. The molecule has 0 bridgehead atoms. The molecule has 0 saturated carbocycles. The molecule has 0 aliphatic rings. The van der Waals surface area contributed by atoms with Crippen LogP contribution in [0, 0.1) is 5.92 Å². The lowest BCUT2D eigenvalue weighted by molar-refractivity contribution is -0.201. The summed E-state index contributed by atoms with van der Waals surface area (Å²) < 4.78 is 9.88. The van der Waals surface area contributed by atoms with E-state index in [0.29, 0.717) is 0 Å². The maximum absolute atomic E-state index is 11.4. The van der Waals surface area contributed by atoms with Gasteiger partial charge in [0.1, 0.15) is 0 Å². The number of methoxy groups -OCH3 is 2. The quantitative estimate of drug-likeness (QED) is 0.580. The number of rotatable bonds is 4. The summed E-state index contributed by atoms with van der Waals surface area (Å²) in [4.78, 5) is 11.4. The highest BCUT2D eigenvalue weighted by Crippen LogP contribution is 2.16.